The van der Waals surface area contributed by atoms with Crippen LogP contribution in [0.15, 0.2) is 52.6 Å². The molecule has 7 heteroatoms. The van der Waals surface area contributed by atoms with Crippen molar-refractivity contribution in [2.24, 2.45) is 0 Å². The average molecular weight is 439 g/mol. The third kappa shape index (κ3) is 3.28. The number of rotatable bonds is 5. The summed E-state index contributed by atoms with van der Waals surface area (Å²) < 4.78 is 6.80. The van der Waals surface area contributed by atoms with E-state index in [-0.39, 0.29) is 12.2 Å². The van der Waals surface area contributed by atoms with Crippen molar-refractivity contribution in [3.05, 3.63) is 63.1 Å². The molecule has 3 aromatic heterocycles. The summed E-state index contributed by atoms with van der Waals surface area (Å²) in [5, 5.41) is 2.54. The predicted octanol–water partition coefficient (Wildman–Crippen LogP) is 5.46. The second-order valence-corrected chi connectivity index (χ2v) is 9.56. The minimum atomic E-state index is -1.22. The largest absolute Gasteiger partial charge is 0.464 e. The van der Waals surface area contributed by atoms with E-state index in [1.165, 1.54) is 15.9 Å². The topological polar surface area (TPSA) is 61.2 Å². The summed E-state index contributed by atoms with van der Waals surface area (Å²) in [4.78, 5) is 34.4. The van der Waals surface area contributed by atoms with Gasteiger partial charge in [0.15, 0.2) is 0 Å². The fourth-order valence-corrected chi connectivity index (χ4v) is 5.50. The molecule has 0 atom stereocenters. The van der Waals surface area contributed by atoms with Crippen molar-refractivity contribution in [2.45, 2.75) is 33.2 Å². The van der Waals surface area contributed by atoms with Gasteiger partial charge in [0.2, 0.25) is 0 Å². The van der Waals surface area contributed by atoms with E-state index in [4.69, 9.17) is 9.72 Å². The number of aryl methyl sites for hydroxylation is 1. The Bertz CT molecular complexity index is 1270. The third-order valence-corrected chi connectivity index (χ3v) is 6.92. The summed E-state index contributed by atoms with van der Waals surface area (Å²) in [5.74, 6) is 0.000175. The number of benzene rings is 1. The van der Waals surface area contributed by atoms with Crippen molar-refractivity contribution >= 4 is 38.9 Å². The number of hydrogen-bond acceptors (Lipinski definition) is 6. The molecule has 30 heavy (non-hydrogen) atoms. The number of ether oxygens (including phenoxy) is 1. The first kappa shape index (κ1) is 20.5. The first-order chi connectivity index (χ1) is 14.4. The maximum absolute atomic E-state index is 13.9. The Morgan fingerprint density at radius 1 is 1.17 bits per heavy atom. The van der Waals surface area contributed by atoms with Gasteiger partial charge in [0, 0.05) is 20.9 Å². The zero-order valence-electron chi connectivity index (χ0n) is 17.3. The van der Waals surface area contributed by atoms with Gasteiger partial charge < -0.3 is 4.74 Å². The van der Waals surface area contributed by atoms with Gasteiger partial charge in [0.05, 0.1) is 12.0 Å². The van der Waals surface area contributed by atoms with Gasteiger partial charge in [-0.15, -0.1) is 22.7 Å². The maximum atomic E-state index is 13.9. The highest BCUT2D eigenvalue weighted by molar-refractivity contribution is 7.20. The van der Waals surface area contributed by atoms with E-state index in [9.17, 15) is 9.59 Å². The molecule has 0 spiro atoms. The van der Waals surface area contributed by atoms with Gasteiger partial charge >= 0.3 is 5.97 Å². The summed E-state index contributed by atoms with van der Waals surface area (Å²) in [6.07, 6.45) is 0. The van der Waals surface area contributed by atoms with Crippen LogP contribution >= 0.6 is 22.7 Å². The zero-order valence-corrected chi connectivity index (χ0v) is 18.9. The van der Waals surface area contributed by atoms with Crippen molar-refractivity contribution in [1.82, 2.24) is 9.55 Å². The van der Waals surface area contributed by atoms with Crippen molar-refractivity contribution in [1.29, 1.82) is 0 Å². The van der Waals surface area contributed by atoms with Gasteiger partial charge in [0.1, 0.15) is 16.2 Å². The molecule has 0 aliphatic heterocycles. The van der Waals surface area contributed by atoms with Crippen molar-refractivity contribution in [3.63, 3.8) is 0 Å². The maximum Gasteiger partial charge on any atom is 0.331 e. The molecule has 154 valence electrons. The van der Waals surface area contributed by atoms with Crippen LogP contribution in [0.1, 0.15) is 25.6 Å². The number of carbonyl (C=O) groups is 1. The van der Waals surface area contributed by atoms with Crippen molar-refractivity contribution in [3.8, 4) is 21.8 Å². The van der Waals surface area contributed by atoms with Crippen molar-refractivity contribution in [2.75, 3.05) is 6.61 Å². The van der Waals surface area contributed by atoms with Crippen LogP contribution in [0.2, 0.25) is 0 Å². The van der Waals surface area contributed by atoms with E-state index >= 15 is 0 Å². The quantitative estimate of drug-likeness (QED) is 0.388. The van der Waals surface area contributed by atoms with Gasteiger partial charge in [-0.25, -0.2) is 9.78 Å². The van der Waals surface area contributed by atoms with Gasteiger partial charge in [-0.2, -0.15) is 0 Å². The Balaban J connectivity index is 2.11. The van der Waals surface area contributed by atoms with Gasteiger partial charge in [-0.05, 0) is 39.1 Å². The summed E-state index contributed by atoms with van der Waals surface area (Å²) in [6.45, 7) is 7.41. The Morgan fingerprint density at radius 3 is 2.53 bits per heavy atom. The van der Waals surface area contributed by atoms with E-state index in [1.54, 1.807) is 32.1 Å². The Kier molecular flexibility index (Phi) is 5.34. The lowest BCUT2D eigenvalue weighted by Gasteiger charge is -2.27. The lowest BCUT2D eigenvalue weighted by molar-refractivity contribution is -0.152. The number of thiophene rings is 2. The molecule has 0 saturated heterocycles. The van der Waals surface area contributed by atoms with Crippen molar-refractivity contribution < 1.29 is 9.53 Å². The molecule has 0 unspecified atom stereocenters. The molecular formula is C23H22N2O3S2. The zero-order chi connectivity index (χ0) is 21.5. The normalized spacial score (nSPS) is 11.7. The lowest BCUT2D eigenvalue weighted by atomic mass is 10.0. The molecule has 1 aromatic carbocycles. The Hall–Kier alpha value is -2.77. The third-order valence-electron chi connectivity index (χ3n) is 5.04. The van der Waals surface area contributed by atoms with E-state index < -0.39 is 11.5 Å². The summed E-state index contributed by atoms with van der Waals surface area (Å²) in [7, 11) is 0. The van der Waals surface area contributed by atoms with Crippen LogP contribution in [-0.2, 0) is 15.1 Å². The van der Waals surface area contributed by atoms with Crippen LogP contribution in [0.5, 0.6) is 0 Å². The van der Waals surface area contributed by atoms with Crippen LogP contribution < -0.4 is 5.56 Å². The number of carbonyl (C=O) groups excluding carboxylic acids is 1. The molecule has 0 aliphatic rings. The molecular weight excluding hydrogens is 416 g/mol. The number of esters is 1. The second kappa shape index (κ2) is 7.81. The van der Waals surface area contributed by atoms with Crippen LogP contribution in [0, 0.1) is 6.92 Å². The van der Waals surface area contributed by atoms with E-state index in [1.807, 2.05) is 54.8 Å². The van der Waals surface area contributed by atoms with E-state index in [0.717, 1.165) is 20.9 Å². The molecule has 5 nitrogen and oxygen atoms in total. The fraction of sp³-hybridized carbons (Fsp3) is 0.261. The van der Waals surface area contributed by atoms with Crippen LogP contribution in [-0.4, -0.2) is 22.1 Å². The van der Waals surface area contributed by atoms with E-state index in [0.29, 0.717) is 16.0 Å². The lowest BCUT2D eigenvalue weighted by Crippen LogP contribution is -2.45. The molecule has 0 radical (unpaired) electrons. The summed E-state index contributed by atoms with van der Waals surface area (Å²) >= 11 is 3.09. The molecule has 3 heterocycles. The summed E-state index contributed by atoms with van der Waals surface area (Å²) in [6, 6.07) is 13.5. The molecule has 4 aromatic rings. The highest BCUT2D eigenvalue weighted by atomic mass is 32.1. The number of hydrogen-bond donors (Lipinski definition) is 0. The molecule has 4 rings (SSSR count). The minimum absolute atomic E-state index is 0.232. The second-order valence-electron chi connectivity index (χ2n) is 7.41. The van der Waals surface area contributed by atoms with Gasteiger partial charge in [0.25, 0.3) is 5.56 Å². The predicted molar refractivity (Wildman–Crippen MR) is 123 cm³/mol. The monoisotopic (exact) mass is 438 g/mol. The Morgan fingerprint density at radius 2 is 1.90 bits per heavy atom. The highest BCUT2D eigenvalue weighted by Gasteiger charge is 2.36. The van der Waals surface area contributed by atoms with Crippen LogP contribution in [0.4, 0.5) is 0 Å². The Labute approximate surface area is 182 Å². The van der Waals surface area contributed by atoms with Gasteiger partial charge in [-0.1, -0.05) is 36.4 Å². The first-order valence-corrected chi connectivity index (χ1v) is 11.4. The average Bonchev–Trinajstić information content (AvgIpc) is 3.35. The van der Waals surface area contributed by atoms with Gasteiger partial charge in [-0.3, -0.25) is 9.36 Å². The number of aromatic nitrogens is 2. The minimum Gasteiger partial charge on any atom is -0.464 e. The molecule has 0 aliphatic carbocycles. The smallest absolute Gasteiger partial charge is 0.331 e. The standard InChI is InChI=1S/C23H22N2O3S2/c1-5-28-22(27)23(3,4)25-19(15-10-7-6-8-11-15)24-20-18(21(25)26)17(14(2)30-20)16-12-9-13-29-16/h6-13H,5H2,1-4H3. The fourth-order valence-electron chi connectivity index (χ4n) is 3.58. The number of fused-ring (bicyclic) bond motifs is 1. The number of nitrogens with zero attached hydrogens (tertiary/aromatic N) is 2. The molecule has 0 amide bonds. The molecule has 0 saturated carbocycles. The SMILES string of the molecule is CCOC(=O)C(C)(C)n1c(-c2ccccc2)nc2sc(C)c(-c3cccs3)c2c1=O. The molecule has 0 fully saturated rings. The molecule has 0 N–H and O–H groups in total. The highest BCUT2D eigenvalue weighted by Crippen LogP contribution is 2.39. The molecule has 0 bridgehead atoms. The first-order valence-electron chi connectivity index (χ1n) is 9.69. The summed E-state index contributed by atoms with van der Waals surface area (Å²) in [5.41, 5.74) is 0.222. The van der Waals surface area contributed by atoms with Crippen LogP contribution in [0.3, 0.4) is 0 Å². The van der Waals surface area contributed by atoms with E-state index in [2.05, 4.69) is 0 Å². The van der Waals surface area contributed by atoms with Crippen LogP contribution in [0.25, 0.3) is 32.0 Å².